The van der Waals surface area contributed by atoms with Crippen LogP contribution < -0.4 is 5.32 Å². The third kappa shape index (κ3) is 3.95. The highest BCUT2D eigenvalue weighted by Crippen LogP contribution is 2.38. The van der Waals surface area contributed by atoms with Crippen LogP contribution in [-0.2, 0) is 4.74 Å². The minimum Gasteiger partial charge on any atom is -0.465 e. The maximum absolute atomic E-state index is 13.0. The van der Waals surface area contributed by atoms with Gasteiger partial charge in [0.25, 0.3) is 11.8 Å². The average Bonchev–Trinajstić information content (AvgIpc) is 3.25. The van der Waals surface area contributed by atoms with Gasteiger partial charge >= 0.3 is 5.97 Å². The molecule has 1 N–H and O–H groups in total. The summed E-state index contributed by atoms with van der Waals surface area (Å²) < 4.78 is 5.78. The molecule has 2 aromatic heterocycles. The Morgan fingerprint density at radius 3 is 2.37 bits per heavy atom. The lowest BCUT2D eigenvalue weighted by atomic mass is 10.1. The van der Waals surface area contributed by atoms with Crippen molar-refractivity contribution in [2.45, 2.75) is 20.8 Å². The third-order valence-corrected chi connectivity index (χ3v) is 7.62. The van der Waals surface area contributed by atoms with E-state index >= 15 is 0 Å². The summed E-state index contributed by atoms with van der Waals surface area (Å²) in [6.07, 6.45) is 0. The number of amides is 2. The molecule has 0 atom stereocenters. The van der Waals surface area contributed by atoms with Crippen LogP contribution in [0.25, 0.3) is 10.1 Å². The first-order valence-corrected chi connectivity index (χ1v) is 11.3. The van der Waals surface area contributed by atoms with E-state index in [1.54, 1.807) is 11.8 Å². The highest BCUT2D eigenvalue weighted by molar-refractivity contribution is 7.22. The molecule has 0 saturated carbocycles. The smallest absolute Gasteiger partial charge is 0.341 e. The maximum atomic E-state index is 13.0. The third-order valence-electron chi connectivity index (χ3n) is 4.75. The first-order valence-electron chi connectivity index (χ1n) is 9.33. The summed E-state index contributed by atoms with van der Waals surface area (Å²) in [5.74, 6) is -1.23. The number of hydrogen-bond acceptors (Lipinski definition) is 6. The number of fused-ring (bicyclic) bond motifs is 1. The van der Waals surface area contributed by atoms with Gasteiger partial charge in [-0.2, -0.15) is 0 Å². The van der Waals surface area contributed by atoms with Gasteiger partial charge in [-0.25, -0.2) is 4.79 Å². The number of methoxy groups -OCH3 is 1. The van der Waals surface area contributed by atoms with Crippen molar-refractivity contribution in [1.29, 1.82) is 0 Å². The predicted octanol–water partition coefficient (Wildman–Crippen LogP) is 5.45. The fourth-order valence-corrected chi connectivity index (χ4v) is 5.70. The van der Waals surface area contributed by atoms with Crippen LogP contribution in [0.3, 0.4) is 0 Å². The Morgan fingerprint density at radius 1 is 1.10 bits per heavy atom. The lowest BCUT2D eigenvalue weighted by Crippen LogP contribution is -2.30. The van der Waals surface area contributed by atoms with Crippen LogP contribution >= 0.6 is 34.3 Å². The molecule has 2 amide bonds. The Morgan fingerprint density at radius 2 is 1.77 bits per heavy atom. The topological polar surface area (TPSA) is 75.7 Å². The van der Waals surface area contributed by atoms with Crippen molar-refractivity contribution in [2.24, 2.45) is 0 Å². The molecule has 0 unspecified atom stereocenters. The summed E-state index contributed by atoms with van der Waals surface area (Å²) in [6.45, 7) is 6.54. The lowest BCUT2D eigenvalue weighted by Gasteiger charge is -2.17. The van der Waals surface area contributed by atoms with E-state index in [1.165, 1.54) is 18.4 Å². The van der Waals surface area contributed by atoms with E-state index < -0.39 is 11.9 Å². The zero-order valence-corrected chi connectivity index (χ0v) is 19.4. The van der Waals surface area contributed by atoms with Crippen molar-refractivity contribution >= 4 is 67.1 Å². The van der Waals surface area contributed by atoms with Gasteiger partial charge in [0.05, 0.1) is 22.6 Å². The number of benzene rings is 1. The molecule has 9 heteroatoms. The summed E-state index contributed by atoms with van der Waals surface area (Å²) in [6, 6.07) is 7.46. The first kappa shape index (κ1) is 22.3. The van der Waals surface area contributed by atoms with E-state index in [1.807, 2.05) is 38.1 Å². The second kappa shape index (κ2) is 9.16. The van der Waals surface area contributed by atoms with Crippen LogP contribution in [0.1, 0.15) is 49.1 Å². The van der Waals surface area contributed by atoms with Crippen molar-refractivity contribution in [1.82, 2.24) is 4.90 Å². The molecule has 3 aromatic rings. The SMILES string of the molecule is CCN(CC)C(=O)c1sc(NC(=O)c2sc3ccccc3c2Cl)c(C(=O)OC)c1C. The molecule has 0 radical (unpaired) electrons. The highest BCUT2D eigenvalue weighted by atomic mass is 35.5. The monoisotopic (exact) mass is 464 g/mol. The number of anilines is 1. The van der Waals surface area contributed by atoms with Crippen LogP contribution in [-0.4, -0.2) is 42.9 Å². The number of hydrogen-bond donors (Lipinski definition) is 1. The van der Waals surface area contributed by atoms with Crippen molar-refractivity contribution in [3.05, 3.63) is 50.2 Å². The molecule has 3 rings (SSSR count). The zero-order chi connectivity index (χ0) is 22.0. The van der Waals surface area contributed by atoms with Crippen molar-refractivity contribution in [3.63, 3.8) is 0 Å². The summed E-state index contributed by atoms with van der Waals surface area (Å²) in [5, 5.41) is 4.20. The van der Waals surface area contributed by atoms with Gasteiger partial charge in [-0.3, -0.25) is 9.59 Å². The van der Waals surface area contributed by atoms with Gasteiger partial charge in [0.15, 0.2) is 0 Å². The van der Waals surface area contributed by atoms with Crippen molar-refractivity contribution in [2.75, 3.05) is 25.5 Å². The minimum absolute atomic E-state index is 0.184. The quantitative estimate of drug-likeness (QED) is 0.492. The molecular formula is C21H21ClN2O4S2. The Hall–Kier alpha value is -2.42. The van der Waals surface area contributed by atoms with E-state index in [-0.39, 0.29) is 16.5 Å². The molecule has 0 spiro atoms. The average molecular weight is 465 g/mol. The standard InChI is InChI=1S/C21H21ClN2O4S2/c1-5-24(6-2)20(26)16-11(3)14(21(27)28-4)19(30-16)23-18(25)17-15(22)12-9-7-8-10-13(12)29-17/h7-10H,5-6H2,1-4H3,(H,23,25). The molecule has 1 aromatic carbocycles. The molecule has 30 heavy (non-hydrogen) atoms. The van der Waals surface area contributed by atoms with Gasteiger partial charge in [-0.1, -0.05) is 29.8 Å². The van der Waals surface area contributed by atoms with Gasteiger partial charge in [0, 0.05) is 23.2 Å². The zero-order valence-electron chi connectivity index (χ0n) is 17.0. The van der Waals surface area contributed by atoms with E-state index in [0.29, 0.717) is 33.4 Å². The molecule has 0 bridgehead atoms. The summed E-state index contributed by atoms with van der Waals surface area (Å²) in [4.78, 5) is 40.7. The fourth-order valence-electron chi connectivity index (χ4n) is 3.13. The number of nitrogens with one attached hydrogen (secondary N) is 1. The fraction of sp³-hybridized carbons (Fsp3) is 0.286. The maximum Gasteiger partial charge on any atom is 0.341 e. The summed E-state index contributed by atoms with van der Waals surface area (Å²) in [5.41, 5.74) is 0.671. The Balaban J connectivity index is 2.02. The van der Waals surface area contributed by atoms with Gasteiger partial charge < -0.3 is 15.0 Å². The van der Waals surface area contributed by atoms with Crippen molar-refractivity contribution in [3.8, 4) is 0 Å². The van der Waals surface area contributed by atoms with Gasteiger partial charge in [0.2, 0.25) is 0 Å². The molecule has 2 heterocycles. The Kier molecular flexibility index (Phi) is 6.80. The molecule has 0 aliphatic heterocycles. The Bertz CT molecular complexity index is 1130. The number of carbonyl (C=O) groups excluding carboxylic acids is 3. The van der Waals surface area contributed by atoms with Gasteiger partial charge in [0.1, 0.15) is 9.88 Å². The van der Waals surface area contributed by atoms with Crippen LogP contribution in [0.2, 0.25) is 5.02 Å². The first-order chi connectivity index (χ1) is 14.3. The van der Waals surface area contributed by atoms with E-state index in [2.05, 4.69) is 5.32 Å². The van der Waals surface area contributed by atoms with Crippen LogP contribution in [0.5, 0.6) is 0 Å². The Labute approximate surface area is 187 Å². The number of thiophene rings is 2. The van der Waals surface area contributed by atoms with E-state index in [0.717, 1.165) is 21.4 Å². The summed E-state index contributed by atoms with van der Waals surface area (Å²) in [7, 11) is 1.26. The predicted molar refractivity (Wildman–Crippen MR) is 122 cm³/mol. The summed E-state index contributed by atoms with van der Waals surface area (Å²) >= 11 is 8.75. The highest BCUT2D eigenvalue weighted by Gasteiger charge is 2.29. The molecule has 158 valence electrons. The van der Waals surface area contributed by atoms with E-state index in [4.69, 9.17) is 16.3 Å². The van der Waals surface area contributed by atoms with Crippen LogP contribution in [0.4, 0.5) is 5.00 Å². The molecule has 6 nitrogen and oxygen atoms in total. The van der Waals surface area contributed by atoms with E-state index in [9.17, 15) is 14.4 Å². The second-order valence-electron chi connectivity index (χ2n) is 6.42. The lowest BCUT2D eigenvalue weighted by molar-refractivity contribution is 0.0601. The normalized spacial score (nSPS) is 10.8. The van der Waals surface area contributed by atoms with Gasteiger partial charge in [-0.05, 0) is 32.4 Å². The van der Waals surface area contributed by atoms with Crippen LogP contribution in [0.15, 0.2) is 24.3 Å². The molecular weight excluding hydrogens is 444 g/mol. The number of rotatable bonds is 6. The number of halogens is 1. The van der Waals surface area contributed by atoms with Crippen molar-refractivity contribution < 1.29 is 19.1 Å². The molecule has 0 fully saturated rings. The number of nitrogens with zero attached hydrogens (tertiary/aromatic N) is 1. The number of ether oxygens (including phenoxy) is 1. The molecule has 0 aliphatic rings. The number of esters is 1. The van der Waals surface area contributed by atoms with Crippen LogP contribution in [0, 0.1) is 6.92 Å². The van der Waals surface area contributed by atoms with Gasteiger partial charge in [-0.15, -0.1) is 22.7 Å². The minimum atomic E-state index is -0.611. The number of carbonyl (C=O) groups is 3. The molecule has 0 saturated heterocycles. The largest absolute Gasteiger partial charge is 0.465 e. The second-order valence-corrected chi connectivity index (χ2v) is 8.88. The molecule has 0 aliphatic carbocycles.